The first-order valence-electron chi connectivity index (χ1n) is 5.14. The van der Waals surface area contributed by atoms with Crippen molar-refractivity contribution in [2.75, 3.05) is 0 Å². The van der Waals surface area contributed by atoms with Gasteiger partial charge >= 0.3 is 0 Å². The fraction of sp³-hybridized carbons (Fsp3) is 0.364. The van der Waals surface area contributed by atoms with Crippen molar-refractivity contribution in [3.05, 3.63) is 39.9 Å². The van der Waals surface area contributed by atoms with Crippen LogP contribution in [-0.2, 0) is 13.1 Å². The molecule has 1 N–H and O–H groups in total. The lowest BCUT2D eigenvalue weighted by Gasteiger charge is -2.00. The third-order valence-electron chi connectivity index (χ3n) is 2.30. The summed E-state index contributed by atoms with van der Waals surface area (Å²) < 4.78 is 0. The Balaban J connectivity index is 1.84. The largest absolute Gasteiger partial charge is 0.305 e. The number of nitrogens with one attached hydrogen (secondary N) is 1. The van der Waals surface area contributed by atoms with Gasteiger partial charge in [-0.15, -0.1) is 11.3 Å². The number of rotatable bonds is 4. The first kappa shape index (κ1) is 11.2. The van der Waals surface area contributed by atoms with Gasteiger partial charge in [0.1, 0.15) is 11.3 Å². The lowest BCUT2D eigenvalue weighted by Crippen LogP contribution is -2.13. The molecule has 0 amide bonds. The highest BCUT2D eigenvalue weighted by atomic mass is 32.1. The van der Waals surface area contributed by atoms with E-state index in [9.17, 15) is 0 Å². The predicted molar refractivity (Wildman–Crippen MR) is 64.2 cm³/mol. The van der Waals surface area contributed by atoms with E-state index in [4.69, 9.17) is 0 Å². The Labute approximate surface area is 98.8 Å². The fourth-order valence-electron chi connectivity index (χ4n) is 1.33. The summed E-state index contributed by atoms with van der Waals surface area (Å²) in [6.45, 7) is 5.68. The van der Waals surface area contributed by atoms with Crippen molar-refractivity contribution in [1.82, 2.24) is 20.3 Å². The van der Waals surface area contributed by atoms with E-state index in [0.29, 0.717) is 0 Å². The van der Waals surface area contributed by atoms with Crippen LogP contribution in [0.1, 0.15) is 21.3 Å². The smallest absolute Gasteiger partial charge is 0.115 e. The average Bonchev–Trinajstić information content (AvgIpc) is 2.60. The van der Waals surface area contributed by atoms with Crippen molar-refractivity contribution in [2.45, 2.75) is 26.9 Å². The molecule has 0 aliphatic rings. The highest BCUT2D eigenvalue weighted by molar-refractivity contribution is 7.11. The van der Waals surface area contributed by atoms with E-state index >= 15 is 0 Å². The second-order valence-corrected chi connectivity index (χ2v) is 4.84. The summed E-state index contributed by atoms with van der Waals surface area (Å²) in [5.74, 6) is 0. The molecule has 2 aromatic heterocycles. The van der Waals surface area contributed by atoms with Crippen LogP contribution in [0.2, 0.25) is 0 Å². The molecular weight excluding hydrogens is 220 g/mol. The molecule has 0 atom stereocenters. The number of hydrogen-bond acceptors (Lipinski definition) is 5. The highest BCUT2D eigenvalue weighted by Crippen LogP contribution is 2.15. The lowest BCUT2D eigenvalue weighted by molar-refractivity contribution is 0.674. The van der Waals surface area contributed by atoms with Gasteiger partial charge in [0.15, 0.2) is 0 Å². The standard InChI is InChI=1S/C11H14N4S/c1-8-9(2)16-11(15-8)6-13-5-10-3-4-12-7-14-10/h3-4,7,13H,5-6H2,1-2H3. The van der Waals surface area contributed by atoms with Gasteiger partial charge in [-0.1, -0.05) is 0 Å². The first-order valence-corrected chi connectivity index (χ1v) is 5.96. The number of thiazole rings is 1. The highest BCUT2D eigenvalue weighted by Gasteiger charge is 2.02. The Morgan fingerprint density at radius 1 is 1.31 bits per heavy atom. The molecule has 2 heterocycles. The van der Waals surface area contributed by atoms with Gasteiger partial charge in [0.25, 0.3) is 0 Å². The van der Waals surface area contributed by atoms with Crippen molar-refractivity contribution in [3.63, 3.8) is 0 Å². The zero-order valence-electron chi connectivity index (χ0n) is 9.40. The van der Waals surface area contributed by atoms with Crippen LogP contribution >= 0.6 is 11.3 Å². The van der Waals surface area contributed by atoms with Gasteiger partial charge in [-0.2, -0.15) is 0 Å². The molecule has 4 nitrogen and oxygen atoms in total. The molecule has 16 heavy (non-hydrogen) atoms. The van der Waals surface area contributed by atoms with Crippen molar-refractivity contribution < 1.29 is 0 Å². The van der Waals surface area contributed by atoms with E-state index in [-0.39, 0.29) is 0 Å². The second-order valence-electron chi connectivity index (χ2n) is 3.55. The molecular formula is C11H14N4S. The summed E-state index contributed by atoms with van der Waals surface area (Å²) in [5, 5.41) is 4.44. The Kier molecular flexibility index (Phi) is 3.58. The molecule has 0 unspecified atom stereocenters. The summed E-state index contributed by atoms with van der Waals surface area (Å²) in [7, 11) is 0. The van der Waals surface area contributed by atoms with E-state index in [2.05, 4.69) is 27.2 Å². The molecule has 84 valence electrons. The first-order chi connectivity index (χ1) is 7.75. The minimum atomic E-state index is 0.750. The second kappa shape index (κ2) is 5.14. The monoisotopic (exact) mass is 234 g/mol. The van der Waals surface area contributed by atoms with Crippen molar-refractivity contribution in [1.29, 1.82) is 0 Å². The van der Waals surface area contributed by atoms with E-state index in [1.165, 1.54) is 4.88 Å². The van der Waals surface area contributed by atoms with E-state index in [0.717, 1.165) is 29.5 Å². The van der Waals surface area contributed by atoms with Gasteiger partial charge in [0.2, 0.25) is 0 Å². The molecule has 0 bridgehead atoms. The average molecular weight is 234 g/mol. The van der Waals surface area contributed by atoms with E-state index in [1.807, 2.05) is 13.0 Å². The van der Waals surface area contributed by atoms with Crippen molar-refractivity contribution >= 4 is 11.3 Å². The number of nitrogens with zero attached hydrogens (tertiary/aromatic N) is 3. The Hall–Kier alpha value is -1.33. The third-order valence-corrected chi connectivity index (χ3v) is 3.37. The van der Waals surface area contributed by atoms with Crippen LogP contribution in [0, 0.1) is 13.8 Å². The van der Waals surface area contributed by atoms with Crippen LogP contribution < -0.4 is 5.32 Å². The van der Waals surface area contributed by atoms with Gasteiger partial charge in [0.05, 0.1) is 11.4 Å². The minimum absolute atomic E-state index is 0.750. The number of aryl methyl sites for hydroxylation is 2. The zero-order valence-corrected chi connectivity index (χ0v) is 10.2. The van der Waals surface area contributed by atoms with Crippen LogP contribution in [0.4, 0.5) is 0 Å². The molecule has 0 fully saturated rings. The SMILES string of the molecule is Cc1nc(CNCc2ccncn2)sc1C. The summed E-state index contributed by atoms with van der Waals surface area (Å²) in [4.78, 5) is 13.8. The lowest BCUT2D eigenvalue weighted by atomic mass is 10.4. The summed E-state index contributed by atoms with van der Waals surface area (Å²) in [6.07, 6.45) is 3.32. The third kappa shape index (κ3) is 2.84. The van der Waals surface area contributed by atoms with Crippen LogP contribution in [0.5, 0.6) is 0 Å². The molecule has 0 saturated heterocycles. The van der Waals surface area contributed by atoms with Crippen molar-refractivity contribution in [2.24, 2.45) is 0 Å². The molecule has 0 radical (unpaired) electrons. The Bertz CT molecular complexity index is 433. The molecule has 0 aromatic carbocycles. The summed E-state index contributed by atoms with van der Waals surface area (Å²) >= 11 is 1.74. The molecule has 0 aliphatic heterocycles. The van der Waals surface area contributed by atoms with Crippen LogP contribution in [0.15, 0.2) is 18.6 Å². The minimum Gasteiger partial charge on any atom is -0.305 e. The number of aromatic nitrogens is 3. The predicted octanol–water partition coefficient (Wildman–Crippen LogP) is 1.84. The quantitative estimate of drug-likeness (QED) is 0.877. The molecule has 0 aliphatic carbocycles. The maximum absolute atomic E-state index is 4.46. The molecule has 0 spiro atoms. The van der Waals surface area contributed by atoms with Gasteiger partial charge in [-0.05, 0) is 19.9 Å². The van der Waals surface area contributed by atoms with E-state index in [1.54, 1.807) is 23.9 Å². The van der Waals surface area contributed by atoms with Gasteiger partial charge in [-0.3, -0.25) is 0 Å². The molecule has 2 rings (SSSR count). The maximum atomic E-state index is 4.46. The van der Waals surface area contributed by atoms with Gasteiger partial charge < -0.3 is 5.32 Å². The zero-order chi connectivity index (χ0) is 11.4. The number of hydrogen-bond donors (Lipinski definition) is 1. The molecule has 2 aromatic rings. The van der Waals surface area contributed by atoms with Gasteiger partial charge in [-0.25, -0.2) is 15.0 Å². The van der Waals surface area contributed by atoms with Crippen LogP contribution in [0.25, 0.3) is 0 Å². The topological polar surface area (TPSA) is 50.7 Å². The van der Waals surface area contributed by atoms with Crippen LogP contribution in [-0.4, -0.2) is 15.0 Å². The van der Waals surface area contributed by atoms with Crippen LogP contribution in [0.3, 0.4) is 0 Å². The Morgan fingerprint density at radius 3 is 2.81 bits per heavy atom. The normalized spacial score (nSPS) is 10.6. The summed E-state index contributed by atoms with van der Waals surface area (Å²) in [5.41, 5.74) is 2.13. The maximum Gasteiger partial charge on any atom is 0.115 e. The fourth-order valence-corrected chi connectivity index (χ4v) is 2.24. The molecule has 5 heteroatoms. The molecule has 0 saturated carbocycles. The van der Waals surface area contributed by atoms with Crippen molar-refractivity contribution in [3.8, 4) is 0 Å². The summed E-state index contributed by atoms with van der Waals surface area (Å²) in [6, 6.07) is 1.91. The Morgan fingerprint density at radius 2 is 2.19 bits per heavy atom. The van der Waals surface area contributed by atoms with E-state index < -0.39 is 0 Å². The van der Waals surface area contributed by atoms with Gasteiger partial charge in [0, 0.05) is 24.2 Å².